The SMILES string of the molecule is COC(C)(OC)C(C)N=C(C)N. The summed E-state index contributed by atoms with van der Waals surface area (Å²) in [5.41, 5.74) is 5.44. The second-order valence-electron chi connectivity index (χ2n) is 2.87. The summed E-state index contributed by atoms with van der Waals surface area (Å²) < 4.78 is 10.3. The van der Waals surface area contributed by atoms with Crippen LogP contribution in [0, 0.1) is 0 Å². The maximum atomic E-state index is 5.44. The van der Waals surface area contributed by atoms with E-state index in [1.807, 2.05) is 13.8 Å². The standard InChI is InChI=1S/C8H18N2O2/c1-6(10-7(2)9)8(3,11-4)12-5/h6H,1-5H3,(H2,9,10). The predicted molar refractivity (Wildman–Crippen MR) is 49.2 cm³/mol. The largest absolute Gasteiger partial charge is 0.388 e. The lowest BCUT2D eigenvalue weighted by molar-refractivity contribution is -0.203. The first-order valence-corrected chi connectivity index (χ1v) is 3.86. The number of amidine groups is 1. The van der Waals surface area contributed by atoms with Crippen LogP contribution < -0.4 is 5.73 Å². The van der Waals surface area contributed by atoms with Gasteiger partial charge in [-0.3, -0.25) is 4.99 Å². The molecule has 0 saturated heterocycles. The average Bonchev–Trinajstić information content (AvgIpc) is 2.02. The Hall–Kier alpha value is -0.610. The molecule has 0 amide bonds. The van der Waals surface area contributed by atoms with Crippen molar-refractivity contribution in [3.05, 3.63) is 0 Å². The Morgan fingerprint density at radius 1 is 1.42 bits per heavy atom. The highest BCUT2D eigenvalue weighted by Gasteiger charge is 2.30. The maximum Gasteiger partial charge on any atom is 0.187 e. The minimum atomic E-state index is -0.694. The van der Waals surface area contributed by atoms with Gasteiger partial charge in [0.25, 0.3) is 0 Å². The lowest BCUT2D eigenvalue weighted by Gasteiger charge is -2.30. The van der Waals surface area contributed by atoms with Crippen molar-refractivity contribution in [3.8, 4) is 0 Å². The maximum absolute atomic E-state index is 5.44. The Morgan fingerprint density at radius 3 is 2.08 bits per heavy atom. The normalized spacial score (nSPS) is 16.2. The van der Waals surface area contributed by atoms with Gasteiger partial charge in [0.2, 0.25) is 0 Å². The van der Waals surface area contributed by atoms with Crippen LogP contribution in [-0.2, 0) is 9.47 Å². The van der Waals surface area contributed by atoms with Gasteiger partial charge in [-0.2, -0.15) is 0 Å². The summed E-state index contributed by atoms with van der Waals surface area (Å²) in [5.74, 6) is -0.163. The molecule has 0 saturated carbocycles. The van der Waals surface area contributed by atoms with Gasteiger partial charge in [0, 0.05) is 14.2 Å². The Balaban J connectivity index is 4.42. The van der Waals surface area contributed by atoms with Crippen molar-refractivity contribution in [3.63, 3.8) is 0 Å². The third-order valence-corrected chi connectivity index (χ3v) is 1.97. The highest BCUT2D eigenvalue weighted by molar-refractivity contribution is 5.77. The number of nitrogens with two attached hydrogens (primary N) is 1. The smallest absolute Gasteiger partial charge is 0.187 e. The Labute approximate surface area is 73.8 Å². The number of rotatable bonds is 4. The molecule has 0 aromatic rings. The first kappa shape index (κ1) is 11.4. The van der Waals surface area contributed by atoms with Gasteiger partial charge in [-0.15, -0.1) is 0 Å². The van der Waals surface area contributed by atoms with Crippen molar-refractivity contribution < 1.29 is 9.47 Å². The van der Waals surface area contributed by atoms with E-state index < -0.39 is 5.79 Å². The Morgan fingerprint density at radius 2 is 1.83 bits per heavy atom. The van der Waals surface area contributed by atoms with Crippen molar-refractivity contribution in [2.45, 2.75) is 32.6 Å². The Kier molecular flexibility index (Phi) is 4.20. The number of nitrogens with zero attached hydrogens (tertiary/aromatic N) is 1. The third kappa shape index (κ3) is 2.79. The van der Waals surface area contributed by atoms with Gasteiger partial charge >= 0.3 is 0 Å². The van der Waals surface area contributed by atoms with Gasteiger partial charge in [-0.25, -0.2) is 0 Å². The van der Waals surface area contributed by atoms with Crippen molar-refractivity contribution in [2.75, 3.05) is 14.2 Å². The van der Waals surface area contributed by atoms with Gasteiger partial charge in [0.1, 0.15) is 6.04 Å². The van der Waals surface area contributed by atoms with Gasteiger partial charge in [-0.05, 0) is 20.8 Å². The fourth-order valence-electron chi connectivity index (χ4n) is 0.847. The molecule has 0 radical (unpaired) electrons. The van der Waals surface area contributed by atoms with Crippen LogP contribution in [0.4, 0.5) is 0 Å². The van der Waals surface area contributed by atoms with E-state index >= 15 is 0 Å². The zero-order chi connectivity index (χ0) is 9.78. The van der Waals surface area contributed by atoms with E-state index in [9.17, 15) is 0 Å². The summed E-state index contributed by atoms with van der Waals surface area (Å²) in [6.45, 7) is 5.45. The number of methoxy groups -OCH3 is 2. The van der Waals surface area contributed by atoms with Crippen LogP contribution in [-0.4, -0.2) is 31.9 Å². The first-order chi connectivity index (χ1) is 5.46. The van der Waals surface area contributed by atoms with E-state index in [0.717, 1.165) is 0 Å². The zero-order valence-corrected chi connectivity index (χ0v) is 8.42. The number of hydrogen-bond donors (Lipinski definition) is 1. The molecule has 0 aromatic carbocycles. The first-order valence-electron chi connectivity index (χ1n) is 3.86. The van der Waals surface area contributed by atoms with Crippen LogP contribution in [0.15, 0.2) is 4.99 Å². The second kappa shape index (κ2) is 4.42. The molecular weight excluding hydrogens is 156 g/mol. The summed E-state index contributed by atoms with van der Waals surface area (Å²) in [6.07, 6.45) is 0. The highest BCUT2D eigenvalue weighted by Crippen LogP contribution is 2.17. The molecule has 1 atom stereocenters. The average molecular weight is 174 g/mol. The Bertz CT molecular complexity index is 160. The van der Waals surface area contributed by atoms with Crippen LogP contribution in [0.25, 0.3) is 0 Å². The van der Waals surface area contributed by atoms with Gasteiger partial charge in [0.05, 0.1) is 5.84 Å². The van der Waals surface area contributed by atoms with Crippen molar-refractivity contribution in [2.24, 2.45) is 10.7 Å². The van der Waals surface area contributed by atoms with Crippen molar-refractivity contribution >= 4 is 5.84 Å². The fraction of sp³-hybridized carbons (Fsp3) is 0.875. The van der Waals surface area contributed by atoms with Crippen molar-refractivity contribution in [1.82, 2.24) is 0 Å². The number of hydrogen-bond acceptors (Lipinski definition) is 3. The van der Waals surface area contributed by atoms with E-state index in [1.165, 1.54) is 0 Å². The zero-order valence-electron chi connectivity index (χ0n) is 8.42. The molecule has 72 valence electrons. The summed E-state index contributed by atoms with van der Waals surface area (Å²) >= 11 is 0. The van der Waals surface area contributed by atoms with Crippen LogP contribution in [0.2, 0.25) is 0 Å². The molecule has 4 heteroatoms. The van der Waals surface area contributed by atoms with Gasteiger partial charge in [0.15, 0.2) is 5.79 Å². The molecule has 0 aromatic heterocycles. The van der Waals surface area contributed by atoms with E-state index in [-0.39, 0.29) is 6.04 Å². The summed E-state index contributed by atoms with van der Waals surface area (Å²) in [6, 6.07) is -0.113. The topological polar surface area (TPSA) is 56.8 Å². The summed E-state index contributed by atoms with van der Waals surface area (Å²) in [5, 5.41) is 0. The molecule has 0 rings (SSSR count). The van der Waals surface area contributed by atoms with Gasteiger partial charge in [-0.1, -0.05) is 0 Å². The third-order valence-electron chi connectivity index (χ3n) is 1.97. The molecule has 0 heterocycles. The van der Waals surface area contributed by atoms with Crippen LogP contribution in [0.3, 0.4) is 0 Å². The molecule has 2 N–H and O–H groups in total. The van der Waals surface area contributed by atoms with Gasteiger partial charge < -0.3 is 15.2 Å². The van der Waals surface area contributed by atoms with E-state index in [0.29, 0.717) is 5.84 Å². The summed E-state index contributed by atoms with van der Waals surface area (Å²) in [7, 11) is 3.17. The molecule has 0 spiro atoms. The van der Waals surface area contributed by atoms with Crippen LogP contribution in [0.1, 0.15) is 20.8 Å². The van der Waals surface area contributed by atoms with Crippen LogP contribution in [0.5, 0.6) is 0 Å². The second-order valence-corrected chi connectivity index (χ2v) is 2.87. The van der Waals surface area contributed by atoms with Crippen LogP contribution >= 0.6 is 0 Å². The number of ether oxygens (including phenoxy) is 2. The molecule has 0 aliphatic heterocycles. The minimum Gasteiger partial charge on any atom is -0.388 e. The van der Waals surface area contributed by atoms with E-state index in [4.69, 9.17) is 15.2 Å². The lowest BCUT2D eigenvalue weighted by Crippen LogP contribution is -2.41. The minimum absolute atomic E-state index is 0.113. The van der Waals surface area contributed by atoms with Crippen molar-refractivity contribution in [1.29, 1.82) is 0 Å². The molecule has 12 heavy (non-hydrogen) atoms. The molecular formula is C8H18N2O2. The molecule has 0 aliphatic rings. The van der Waals surface area contributed by atoms with E-state index in [2.05, 4.69) is 4.99 Å². The molecule has 0 aliphatic carbocycles. The van der Waals surface area contributed by atoms with E-state index in [1.54, 1.807) is 21.1 Å². The predicted octanol–water partition coefficient (Wildman–Crippen LogP) is 0.761. The molecule has 4 nitrogen and oxygen atoms in total. The monoisotopic (exact) mass is 174 g/mol. The molecule has 0 bridgehead atoms. The fourth-order valence-corrected chi connectivity index (χ4v) is 0.847. The molecule has 0 fully saturated rings. The lowest BCUT2D eigenvalue weighted by atomic mass is 10.1. The molecule has 1 unspecified atom stereocenters. The quantitative estimate of drug-likeness (QED) is 0.389. The highest BCUT2D eigenvalue weighted by atomic mass is 16.7. The summed E-state index contributed by atoms with van der Waals surface area (Å²) in [4.78, 5) is 4.14. The number of aliphatic imine (C=N–C) groups is 1.